The van der Waals surface area contributed by atoms with Crippen LogP contribution in [0.2, 0.25) is 0 Å². The number of epoxide rings is 1. The van der Waals surface area contributed by atoms with E-state index in [4.69, 9.17) is 14.6 Å². The number of hydrogen-bond donors (Lipinski definition) is 1. The summed E-state index contributed by atoms with van der Waals surface area (Å²) in [5.74, 6) is 0.669. The summed E-state index contributed by atoms with van der Waals surface area (Å²) in [5.41, 5.74) is 0.379. The van der Waals surface area contributed by atoms with Gasteiger partial charge in [-0.25, -0.2) is 8.42 Å². The van der Waals surface area contributed by atoms with E-state index in [-0.39, 0.29) is 30.3 Å². The molecule has 1 saturated heterocycles. The maximum atomic E-state index is 12.4. The molecule has 3 rings (SSSR count). The van der Waals surface area contributed by atoms with E-state index in [0.29, 0.717) is 5.75 Å². The largest absolute Gasteiger partial charge is 0.485 e. The quantitative estimate of drug-likeness (QED) is 0.836. The zero-order chi connectivity index (χ0) is 15.4. The van der Waals surface area contributed by atoms with Crippen LogP contribution in [0.3, 0.4) is 0 Å². The van der Waals surface area contributed by atoms with E-state index in [2.05, 4.69) is 0 Å². The molecule has 1 aromatic rings. The van der Waals surface area contributed by atoms with Gasteiger partial charge in [0, 0.05) is 19.2 Å². The first kappa shape index (κ1) is 14.8. The van der Waals surface area contributed by atoms with Crippen LogP contribution in [0.1, 0.15) is 25.5 Å². The highest BCUT2D eigenvalue weighted by Gasteiger charge is 2.56. The standard InChI is InChI=1S/C14H19NO5S/c1-14(2)13-12(19-13)10-8-9(4-5-11(10)20-14)21(17,18)15(3)6-7-16/h4-5,8,12-13,16H,6-7H2,1-3H3. The lowest BCUT2D eigenvalue weighted by atomic mass is 9.94. The van der Waals surface area contributed by atoms with Crippen LogP contribution in [-0.4, -0.2) is 49.7 Å². The molecule has 2 heterocycles. The fourth-order valence-corrected chi connectivity index (χ4v) is 3.86. The topological polar surface area (TPSA) is 79.4 Å². The molecule has 1 aromatic carbocycles. The Kier molecular flexibility index (Phi) is 3.29. The molecule has 2 unspecified atom stereocenters. The average molecular weight is 313 g/mol. The van der Waals surface area contributed by atoms with Crippen LogP contribution in [0, 0.1) is 0 Å². The molecule has 2 atom stereocenters. The van der Waals surface area contributed by atoms with Crippen molar-refractivity contribution < 1.29 is 23.0 Å². The highest BCUT2D eigenvalue weighted by molar-refractivity contribution is 7.89. The van der Waals surface area contributed by atoms with Gasteiger partial charge >= 0.3 is 0 Å². The van der Waals surface area contributed by atoms with Gasteiger partial charge in [-0.05, 0) is 32.0 Å². The Hall–Kier alpha value is -1.15. The lowest BCUT2D eigenvalue weighted by Crippen LogP contribution is -2.38. The number of likely N-dealkylation sites (N-methyl/N-ethyl adjacent to an activating group) is 1. The van der Waals surface area contributed by atoms with E-state index in [1.165, 1.54) is 13.1 Å². The normalized spacial score (nSPS) is 26.0. The Morgan fingerprint density at radius 3 is 2.76 bits per heavy atom. The van der Waals surface area contributed by atoms with Crippen LogP contribution in [0.15, 0.2) is 23.1 Å². The molecule has 116 valence electrons. The van der Waals surface area contributed by atoms with Crippen LogP contribution >= 0.6 is 0 Å². The Balaban J connectivity index is 1.97. The second-order valence-electron chi connectivity index (χ2n) is 5.93. The summed E-state index contributed by atoms with van der Waals surface area (Å²) in [4.78, 5) is 0.190. The van der Waals surface area contributed by atoms with Crippen LogP contribution in [-0.2, 0) is 14.8 Å². The third-order valence-corrected chi connectivity index (χ3v) is 5.81. The zero-order valence-corrected chi connectivity index (χ0v) is 13.1. The van der Waals surface area contributed by atoms with Crippen molar-refractivity contribution in [1.82, 2.24) is 4.31 Å². The smallest absolute Gasteiger partial charge is 0.242 e. The van der Waals surface area contributed by atoms with Crippen LogP contribution < -0.4 is 4.74 Å². The number of hydrogen-bond acceptors (Lipinski definition) is 5. The van der Waals surface area contributed by atoms with Gasteiger partial charge in [0.1, 0.15) is 23.6 Å². The summed E-state index contributed by atoms with van der Waals surface area (Å²) in [6.07, 6.45) is -0.125. The van der Waals surface area contributed by atoms with E-state index in [9.17, 15) is 8.42 Å². The van der Waals surface area contributed by atoms with Gasteiger partial charge in [-0.1, -0.05) is 0 Å². The van der Waals surface area contributed by atoms with E-state index in [0.717, 1.165) is 9.87 Å². The number of fused-ring (bicyclic) bond motifs is 3. The molecule has 0 spiro atoms. The third-order valence-electron chi connectivity index (χ3n) is 3.96. The average Bonchev–Trinajstić information content (AvgIpc) is 3.19. The molecule has 0 saturated carbocycles. The van der Waals surface area contributed by atoms with Gasteiger partial charge in [0.15, 0.2) is 0 Å². The van der Waals surface area contributed by atoms with Crippen molar-refractivity contribution >= 4 is 10.0 Å². The minimum absolute atomic E-state index is 0.0295. The summed E-state index contributed by atoms with van der Waals surface area (Å²) in [6, 6.07) is 4.81. The van der Waals surface area contributed by atoms with Gasteiger partial charge in [-0.15, -0.1) is 0 Å². The van der Waals surface area contributed by atoms with E-state index in [1.54, 1.807) is 12.1 Å². The SMILES string of the molecule is CN(CCO)S(=O)(=O)c1ccc2c(c1)C1OC1C(C)(C)O2. The predicted octanol–water partition coefficient (Wildman–Crippen LogP) is 0.910. The summed E-state index contributed by atoms with van der Waals surface area (Å²) in [7, 11) is -2.16. The van der Waals surface area contributed by atoms with Crippen molar-refractivity contribution in [2.75, 3.05) is 20.2 Å². The van der Waals surface area contributed by atoms with Crippen molar-refractivity contribution in [3.05, 3.63) is 23.8 Å². The molecule has 1 fully saturated rings. The van der Waals surface area contributed by atoms with E-state index in [1.807, 2.05) is 13.8 Å². The molecule has 0 aliphatic carbocycles. The molecule has 1 N–H and O–H groups in total. The van der Waals surface area contributed by atoms with E-state index < -0.39 is 15.6 Å². The van der Waals surface area contributed by atoms with Gasteiger partial charge in [0.25, 0.3) is 0 Å². The Morgan fingerprint density at radius 2 is 2.10 bits per heavy atom. The molecule has 2 aliphatic heterocycles. The minimum atomic E-state index is -3.61. The Labute approximate surface area is 124 Å². The maximum absolute atomic E-state index is 12.4. The number of ether oxygens (including phenoxy) is 2. The highest BCUT2D eigenvalue weighted by atomic mass is 32.2. The monoisotopic (exact) mass is 313 g/mol. The minimum Gasteiger partial charge on any atom is -0.485 e. The fourth-order valence-electron chi connectivity index (χ4n) is 2.66. The molecular formula is C14H19NO5S. The summed E-state index contributed by atoms with van der Waals surface area (Å²) >= 11 is 0. The van der Waals surface area contributed by atoms with Crippen LogP contribution in [0.25, 0.3) is 0 Å². The summed E-state index contributed by atoms with van der Waals surface area (Å²) < 4.78 is 37.4. The third kappa shape index (κ3) is 2.34. The van der Waals surface area contributed by atoms with Gasteiger partial charge in [-0.3, -0.25) is 0 Å². The zero-order valence-electron chi connectivity index (χ0n) is 12.2. The summed E-state index contributed by atoms with van der Waals surface area (Å²) in [5, 5.41) is 8.90. The molecular weight excluding hydrogens is 294 g/mol. The number of benzene rings is 1. The van der Waals surface area contributed by atoms with E-state index >= 15 is 0 Å². The Morgan fingerprint density at radius 1 is 1.38 bits per heavy atom. The lowest BCUT2D eigenvalue weighted by molar-refractivity contribution is 0.0724. The van der Waals surface area contributed by atoms with Crippen molar-refractivity contribution in [3.63, 3.8) is 0 Å². The first-order valence-electron chi connectivity index (χ1n) is 6.83. The molecule has 0 amide bonds. The number of aliphatic hydroxyl groups is 1. The number of rotatable bonds is 4. The van der Waals surface area contributed by atoms with Crippen molar-refractivity contribution in [1.29, 1.82) is 0 Å². The van der Waals surface area contributed by atoms with Gasteiger partial charge in [0.2, 0.25) is 10.0 Å². The van der Waals surface area contributed by atoms with Gasteiger partial charge in [-0.2, -0.15) is 4.31 Å². The summed E-state index contributed by atoms with van der Waals surface area (Å²) in [6.45, 7) is 3.76. The van der Waals surface area contributed by atoms with Crippen molar-refractivity contribution in [2.45, 2.75) is 36.6 Å². The van der Waals surface area contributed by atoms with Gasteiger partial charge in [0.05, 0.1) is 11.5 Å². The van der Waals surface area contributed by atoms with Crippen LogP contribution in [0.5, 0.6) is 5.75 Å². The fraction of sp³-hybridized carbons (Fsp3) is 0.571. The lowest BCUT2D eigenvalue weighted by Gasteiger charge is -2.29. The Bertz CT molecular complexity index is 670. The first-order chi connectivity index (χ1) is 9.77. The van der Waals surface area contributed by atoms with Gasteiger partial charge < -0.3 is 14.6 Å². The second-order valence-corrected chi connectivity index (χ2v) is 7.98. The second kappa shape index (κ2) is 4.67. The maximum Gasteiger partial charge on any atom is 0.242 e. The number of sulfonamides is 1. The number of aliphatic hydroxyl groups excluding tert-OH is 1. The number of nitrogens with zero attached hydrogens (tertiary/aromatic N) is 1. The van der Waals surface area contributed by atoms with Crippen molar-refractivity contribution in [3.8, 4) is 5.75 Å². The van der Waals surface area contributed by atoms with Crippen LogP contribution in [0.4, 0.5) is 0 Å². The highest BCUT2D eigenvalue weighted by Crippen LogP contribution is 2.54. The molecule has 7 heteroatoms. The molecule has 0 bridgehead atoms. The van der Waals surface area contributed by atoms with Crippen molar-refractivity contribution in [2.24, 2.45) is 0 Å². The molecule has 21 heavy (non-hydrogen) atoms. The molecule has 6 nitrogen and oxygen atoms in total. The predicted molar refractivity (Wildman–Crippen MR) is 75.7 cm³/mol. The molecule has 0 radical (unpaired) electrons. The first-order valence-corrected chi connectivity index (χ1v) is 8.27. The molecule has 2 aliphatic rings. The molecule has 0 aromatic heterocycles.